The summed E-state index contributed by atoms with van der Waals surface area (Å²) in [5.74, 6) is 0. The lowest BCUT2D eigenvalue weighted by atomic mass is 10.0. The van der Waals surface area contributed by atoms with Crippen molar-refractivity contribution >= 4 is 5.65 Å². The maximum Gasteiger partial charge on any atom is 0.137 e. The fraction of sp³-hybridized carbons (Fsp3) is 0.588. The SMILES string of the molecule is Cc1ccc2nc(CN3CCCC3C3CCCN3)cn2c1. The fourth-order valence-corrected chi connectivity index (χ4v) is 3.98. The van der Waals surface area contributed by atoms with E-state index >= 15 is 0 Å². The van der Waals surface area contributed by atoms with Crippen molar-refractivity contribution in [3.8, 4) is 0 Å². The van der Waals surface area contributed by atoms with E-state index in [9.17, 15) is 0 Å². The van der Waals surface area contributed by atoms with Crippen LogP contribution in [-0.2, 0) is 6.54 Å². The summed E-state index contributed by atoms with van der Waals surface area (Å²) in [7, 11) is 0. The largest absolute Gasteiger partial charge is 0.312 e. The van der Waals surface area contributed by atoms with E-state index in [0.717, 1.165) is 12.2 Å². The van der Waals surface area contributed by atoms with Crippen molar-refractivity contribution in [1.29, 1.82) is 0 Å². The molecule has 0 amide bonds. The number of fused-ring (bicyclic) bond motifs is 1. The van der Waals surface area contributed by atoms with Crippen LogP contribution in [-0.4, -0.2) is 39.5 Å². The lowest BCUT2D eigenvalue weighted by Crippen LogP contribution is -2.43. The molecule has 2 atom stereocenters. The molecule has 4 heteroatoms. The van der Waals surface area contributed by atoms with E-state index in [1.807, 2.05) is 0 Å². The van der Waals surface area contributed by atoms with E-state index in [-0.39, 0.29) is 0 Å². The molecule has 0 radical (unpaired) electrons. The highest BCUT2D eigenvalue weighted by Gasteiger charge is 2.33. The fourth-order valence-electron chi connectivity index (χ4n) is 3.98. The predicted molar refractivity (Wildman–Crippen MR) is 84.4 cm³/mol. The van der Waals surface area contributed by atoms with Gasteiger partial charge >= 0.3 is 0 Å². The summed E-state index contributed by atoms with van der Waals surface area (Å²) in [4.78, 5) is 7.42. The smallest absolute Gasteiger partial charge is 0.137 e. The maximum absolute atomic E-state index is 4.78. The van der Waals surface area contributed by atoms with E-state index < -0.39 is 0 Å². The number of nitrogens with zero attached hydrogens (tertiary/aromatic N) is 3. The second kappa shape index (κ2) is 5.43. The van der Waals surface area contributed by atoms with Gasteiger partial charge in [0, 0.05) is 31.0 Å². The van der Waals surface area contributed by atoms with Crippen molar-refractivity contribution in [2.45, 2.75) is 51.2 Å². The summed E-state index contributed by atoms with van der Waals surface area (Å²) in [6, 6.07) is 5.65. The Hall–Kier alpha value is -1.39. The quantitative estimate of drug-likeness (QED) is 0.939. The number of pyridine rings is 1. The van der Waals surface area contributed by atoms with Gasteiger partial charge in [0.25, 0.3) is 0 Å². The number of nitrogens with one attached hydrogen (secondary N) is 1. The molecule has 2 aliphatic heterocycles. The molecule has 4 rings (SSSR count). The number of hydrogen-bond donors (Lipinski definition) is 1. The van der Waals surface area contributed by atoms with Crippen LogP contribution in [0.3, 0.4) is 0 Å². The first-order valence-corrected chi connectivity index (χ1v) is 8.21. The summed E-state index contributed by atoms with van der Waals surface area (Å²) in [5.41, 5.74) is 3.54. The second-order valence-corrected chi connectivity index (χ2v) is 6.59. The number of hydrogen-bond acceptors (Lipinski definition) is 3. The zero-order valence-corrected chi connectivity index (χ0v) is 12.8. The molecular formula is C17H24N4. The summed E-state index contributed by atoms with van der Waals surface area (Å²) >= 11 is 0. The van der Waals surface area contributed by atoms with Crippen LogP contribution in [0, 0.1) is 6.92 Å². The molecular weight excluding hydrogens is 260 g/mol. The van der Waals surface area contributed by atoms with Crippen molar-refractivity contribution in [2.24, 2.45) is 0 Å². The van der Waals surface area contributed by atoms with Crippen molar-refractivity contribution in [3.63, 3.8) is 0 Å². The van der Waals surface area contributed by atoms with Crippen molar-refractivity contribution in [1.82, 2.24) is 19.6 Å². The minimum Gasteiger partial charge on any atom is -0.312 e. The Bertz CT molecular complexity index is 627. The molecule has 112 valence electrons. The van der Waals surface area contributed by atoms with Gasteiger partial charge in [-0.1, -0.05) is 6.07 Å². The first-order valence-electron chi connectivity index (χ1n) is 8.21. The Kier molecular flexibility index (Phi) is 3.43. The third-order valence-electron chi connectivity index (χ3n) is 4.99. The van der Waals surface area contributed by atoms with E-state index in [0.29, 0.717) is 12.1 Å². The molecule has 0 aliphatic carbocycles. The van der Waals surface area contributed by atoms with Gasteiger partial charge in [-0.25, -0.2) is 4.98 Å². The number of imidazole rings is 1. The van der Waals surface area contributed by atoms with E-state index in [1.165, 1.54) is 50.0 Å². The lowest BCUT2D eigenvalue weighted by Gasteiger charge is -2.28. The highest BCUT2D eigenvalue weighted by Crippen LogP contribution is 2.26. The minimum atomic E-state index is 0.701. The monoisotopic (exact) mass is 284 g/mol. The van der Waals surface area contributed by atoms with E-state index in [4.69, 9.17) is 4.98 Å². The molecule has 21 heavy (non-hydrogen) atoms. The van der Waals surface area contributed by atoms with Gasteiger partial charge in [0.1, 0.15) is 5.65 Å². The van der Waals surface area contributed by atoms with Crippen molar-refractivity contribution < 1.29 is 0 Å². The molecule has 2 aromatic heterocycles. The molecule has 2 fully saturated rings. The Labute approximate surface area is 126 Å². The Morgan fingerprint density at radius 2 is 2.19 bits per heavy atom. The average molecular weight is 284 g/mol. The van der Waals surface area contributed by atoms with Gasteiger partial charge in [-0.05, 0) is 57.3 Å². The molecule has 2 unspecified atom stereocenters. The van der Waals surface area contributed by atoms with Crippen LogP contribution in [0.15, 0.2) is 24.5 Å². The van der Waals surface area contributed by atoms with Gasteiger partial charge < -0.3 is 9.72 Å². The third-order valence-corrected chi connectivity index (χ3v) is 4.99. The highest BCUT2D eigenvalue weighted by molar-refractivity contribution is 5.41. The van der Waals surface area contributed by atoms with Crippen molar-refractivity contribution in [3.05, 3.63) is 35.8 Å². The Morgan fingerprint density at radius 1 is 1.24 bits per heavy atom. The molecule has 1 N–H and O–H groups in total. The van der Waals surface area contributed by atoms with Gasteiger partial charge in [-0.15, -0.1) is 0 Å². The lowest BCUT2D eigenvalue weighted by molar-refractivity contribution is 0.205. The molecule has 2 aromatic rings. The number of likely N-dealkylation sites (tertiary alicyclic amines) is 1. The zero-order chi connectivity index (χ0) is 14.2. The predicted octanol–water partition coefficient (Wildman–Crippen LogP) is 2.36. The summed E-state index contributed by atoms with van der Waals surface area (Å²) in [6.45, 7) is 5.53. The van der Waals surface area contributed by atoms with Gasteiger partial charge in [0.05, 0.1) is 5.69 Å². The van der Waals surface area contributed by atoms with Crippen LogP contribution in [0.1, 0.15) is 36.9 Å². The van der Waals surface area contributed by atoms with E-state index in [2.05, 4.69) is 46.1 Å². The molecule has 2 aliphatic rings. The van der Waals surface area contributed by atoms with Crippen LogP contribution < -0.4 is 5.32 Å². The van der Waals surface area contributed by atoms with Gasteiger partial charge in [-0.3, -0.25) is 4.90 Å². The normalized spacial score (nSPS) is 26.9. The molecule has 0 bridgehead atoms. The van der Waals surface area contributed by atoms with Crippen LogP contribution >= 0.6 is 0 Å². The summed E-state index contributed by atoms with van der Waals surface area (Å²) in [5, 5.41) is 3.68. The zero-order valence-electron chi connectivity index (χ0n) is 12.8. The van der Waals surface area contributed by atoms with Crippen LogP contribution in [0.5, 0.6) is 0 Å². The van der Waals surface area contributed by atoms with Gasteiger partial charge in [0.2, 0.25) is 0 Å². The summed E-state index contributed by atoms with van der Waals surface area (Å²) < 4.78 is 2.16. The highest BCUT2D eigenvalue weighted by atomic mass is 15.2. The Balaban J connectivity index is 1.53. The van der Waals surface area contributed by atoms with Crippen LogP contribution in [0.25, 0.3) is 5.65 Å². The standard InChI is InChI=1S/C17H24N4/c1-13-6-7-17-19-14(12-21(17)10-13)11-20-9-3-5-16(20)15-4-2-8-18-15/h6-7,10,12,15-16,18H,2-5,8-9,11H2,1H3. The first kappa shape index (κ1) is 13.3. The van der Waals surface area contributed by atoms with Gasteiger partial charge in [0.15, 0.2) is 0 Å². The molecule has 0 spiro atoms. The molecule has 4 heterocycles. The first-order chi connectivity index (χ1) is 10.3. The number of rotatable bonds is 3. The number of aryl methyl sites for hydroxylation is 1. The molecule has 0 aromatic carbocycles. The summed E-state index contributed by atoms with van der Waals surface area (Å²) in [6.07, 6.45) is 9.69. The molecule has 4 nitrogen and oxygen atoms in total. The van der Waals surface area contributed by atoms with Crippen LogP contribution in [0.4, 0.5) is 0 Å². The minimum absolute atomic E-state index is 0.701. The van der Waals surface area contributed by atoms with Crippen LogP contribution in [0.2, 0.25) is 0 Å². The van der Waals surface area contributed by atoms with Gasteiger partial charge in [-0.2, -0.15) is 0 Å². The number of aromatic nitrogens is 2. The topological polar surface area (TPSA) is 32.6 Å². The average Bonchev–Trinajstić information content (AvgIpc) is 3.16. The third kappa shape index (κ3) is 2.58. The van der Waals surface area contributed by atoms with E-state index in [1.54, 1.807) is 0 Å². The molecule has 0 saturated carbocycles. The van der Waals surface area contributed by atoms with Crippen molar-refractivity contribution in [2.75, 3.05) is 13.1 Å². The second-order valence-electron chi connectivity index (χ2n) is 6.59. The molecule has 2 saturated heterocycles. The maximum atomic E-state index is 4.78. The Morgan fingerprint density at radius 3 is 3.05 bits per heavy atom.